The third-order valence-electron chi connectivity index (χ3n) is 3.38. The highest BCUT2D eigenvalue weighted by Crippen LogP contribution is 2.22. The molecule has 0 saturated carbocycles. The molecule has 1 N–H and O–H groups in total. The van der Waals surface area contributed by atoms with Crippen molar-refractivity contribution in [2.75, 3.05) is 5.75 Å². The van der Waals surface area contributed by atoms with E-state index >= 15 is 0 Å². The molecule has 0 spiro atoms. The summed E-state index contributed by atoms with van der Waals surface area (Å²) >= 11 is 1.77. The van der Waals surface area contributed by atoms with Crippen molar-refractivity contribution in [1.29, 1.82) is 0 Å². The third kappa shape index (κ3) is 3.67. The van der Waals surface area contributed by atoms with Crippen molar-refractivity contribution < 1.29 is 4.42 Å². The second-order valence-corrected chi connectivity index (χ2v) is 6.27. The van der Waals surface area contributed by atoms with E-state index in [1.165, 1.54) is 5.56 Å². The smallest absolute Gasteiger partial charge is 0.216 e. The van der Waals surface area contributed by atoms with Crippen LogP contribution >= 0.6 is 11.8 Å². The Labute approximate surface area is 129 Å². The van der Waals surface area contributed by atoms with Gasteiger partial charge in [-0.2, -0.15) is 0 Å². The Morgan fingerprint density at radius 1 is 1.38 bits per heavy atom. The van der Waals surface area contributed by atoms with Gasteiger partial charge in [0.1, 0.15) is 11.8 Å². The molecule has 0 fully saturated rings. The lowest BCUT2D eigenvalue weighted by atomic mass is 10.1. The Morgan fingerprint density at radius 2 is 2.19 bits per heavy atom. The fourth-order valence-corrected chi connectivity index (χ4v) is 3.33. The molecule has 2 aromatic rings. The maximum atomic E-state index is 5.54. The zero-order valence-corrected chi connectivity index (χ0v) is 13.1. The normalized spacial score (nSPS) is 19.3. The molecule has 0 bridgehead atoms. The van der Waals surface area contributed by atoms with Crippen LogP contribution in [0.5, 0.6) is 0 Å². The van der Waals surface area contributed by atoms with Crippen molar-refractivity contribution in [2.45, 2.75) is 32.4 Å². The molecular weight excluding hydrogens is 282 g/mol. The van der Waals surface area contributed by atoms with E-state index in [4.69, 9.17) is 9.41 Å². The van der Waals surface area contributed by atoms with E-state index in [2.05, 4.69) is 34.6 Å². The van der Waals surface area contributed by atoms with Crippen LogP contribution in [0.4, 0.5) is 0 Å². The summed E-state index contributed by atoms with van der Waals surface area (Å²) in [6.45, 7) is 3.94. The predicted molar refractivity (Wildman–Crippen MR) is 86.6 cm³/mol. The van der Waals surface area contributed by atoms with E-state index < -0.39 is 0 Å². The topological polar surface area (TPSA) is 50.4 Å². The second-order valence-electron chi connectivity index (χ2n) is 5.26. The fourth-order valence-electron chi connectivity index (χ4n) is 2.30. The summed E-state index contributed by atoms with van der Waals surface area (Å²) in [6, 6.07) is 10.9. The van der Waals surface area contributed by atoms with Crippen molar-refractivity contribution in [3.8, 4) is 0 Å². The van der Waals surface area contributed by atoms with Gasteiger partial charge in [-0.25, -0.2) is 4.98 Å². The van der Waals surface area contributed by atoms with E-state index in [1.54, 1.807) is 18.0 Å². The summed E-state index contributed by atoms with van der Waals surface area (Å²) in [7, 11) is 0. The monoisotopic (exact) mass is 301 g/mol. The van der Waals surface area contributed by atoms with Crippen LogP contribution in [-0.4, -0.2) is 21.9 Å². The van der Waals surface area contributed by atoms with Crippen LogP contribution in [0.25, 0.3) is 0 Å². The molecule has 1 aliphatic heterocycles. The average molecular weight is 301 g/mol. The molecule has 1 aliphatic rings. The molecule has 2 atom stereocenters. The van der Waals surface area contributed by atoms with E-state index in [0.717, 1.165) is 23.1 Å². The third-order valence-corrected chi connectivity index (χ3v) is 4.42. The molecule has 1 aromatic heterocycles. The maximum Gasteiger partial charge on any atom is 0.216 e. The summed E-state index contributed by atoms with van der Waals surface area (Å²) in [4.78, 5) is 9.01. The zero-order chi connectivity index (χ0) is 14.7. The predicted octanol–water partition coefficient (Wildman–Crippen LogP) is 3.35. The van der Waals surface area contributed by atoms with Crippen LogP contribution in [0.3, 0.4) is 0 Å². The number of nitrogens with zero attached hydrogens (tertiary/aromatic N) is 2. The van der Waals surface area contributed by atoms with Crippen LogP contribution in [0.1, 0.15) is 30.2 Å². The summed E-state index contributed by atoms with van der Waals surface area (Å²) < 4.78 is 5.54. The van der Waals surface area contributed by atoms with Gasteiger partial charge >= 0.3 is 0 Å². The Kier molecular flexibility index (Phi) is 4.29. The van der Waals surface area contributed by atoms with E-state index in [0.29, 0.717) is 11.9 Å². The van der Waals surface area contributed by atoms with E-state index in [9.17, 15) is 0 Å². The van der Waals surface area contributed by atoms with Crippen molar-refractivity contribution in [2.24, 2.45) is 4.99 Å². The van der Waals surface area contributed by atoms with Crippen molar-refractivity contribution in [3.05, 3.63) is 53.7 Å². The first kappa shape index (κ1) is 14.2. The van der Waals surface area contributed by atoms with Crippen molar-refractivity contribution in [1.82, 2.24) is 10.3 Å². The highest BCUT2D eigenvalue weighted by Gasteiger charge is 2.21. The van der Waals surface area contributed by atoms with Gasteiger partial charge in [-0.05, 0) is 25.8 Å². The van der Waals surface area contributed by atoms with Gasteiger partial charge in [0.2, 0.25) is 5.89 Å². The van der Waals surface area contributed by atoms with Crippen LogP contribution in [0.15, 0.2) is 45.9 Å². The van der Waals surface area contributed by atoms with Gasteiger partial charge in [0.15, 0.2) is 5.17 Å². The van der Waals surface area contributed by atoms with Gasteiger partial charge in [0.05, 0.1) is 12.2 Å². The Bertz CT molecular complexity index is 623. The molecule has 0 amide bonds. The first-order valence-electron chi connectivity index (χ1n) is 7.14. The van der Waals surface area contributed by atoms with E-state index in [1.807, 2.05) is 19.9 Å². The number of hydrogen-bond donors (Lipinski definition) is 1. The molecule has 0 aliphatic carbocycles. The van der Waals surface area contributed by atoms with E-state index in [-0.39, 0.29) is 6.04 Å². The number of rotatable bonds is 4. The number of nitrogens with one attached hydrogen (secondary N) is 1. The SMILES string of the molecule is Cc1cnc(C(C)NC2=NC(Cc3ccccc3)CS2)o1. The Morgan fingerprint density at radius 3 is 2.90 bits per heavy atom. The standard InChI is InChI=1S/C16H19N3OS/c1-11-9-17-15(20-11)12(2)18-16-19-14(10-21-16)8-13-6-4-3-5-7-13/h3-7,9,12,14H,8,10H2,1-2H3,(H,18,19). The van der Waals surface area contributed by atoms with Crippen molar-refractivity contribution >= 4 is 16.9 Å². The van der Waals surface area contributed by atoms with Crippen LogP contribution in [0.2, 0.25) is 0 Å². The maximum absolute atomic E-state index is 5.54. The number of aryl methyl sites for hydroxylation is 1. The molecule has 2 unspecified atom stereocenters. The van der Waals surface area contributed by atoms with Gasteiger partial charge in [-0.3, -0.25) is 4.99 Å². The number of oxazole rings is 1. The van der Waals surface area contributed by atoms with Crippen LogP contribution in [0, 0.1) is 6.92 Å². The molecule has 1 aromatic carbocycles. The van der Waals surface area contributed by atoms with Gasteiger partial charge in [-0.1, -0.05) is 42.1 Å². The fraction of sp³-hybridized carbons (Fsp3) is 0.375. The minimum Gasteiger partial charge on any atom is -0.444 e. The molecular formula is C16H19N3OS. The Hall–Kier alpha value is -1.75. The van der Waals surface area contributed by atoms with Crippen LogP contribution < -0.4 is 5.32 Å². The largest absolute Gasteiger partial charge is 0.444 e. The van der Waals surface area contributed by atoms with Gasteiger partial charge in [0, 0.05) is 5.75 Å². The average Bonchev–Trinajstić information content (AvgIpc) is 3.09. The molecule has 110 valence electrons. The molecule has 0 saturated heterocycles. The summed E-state index contributed by atoms with van der Waals surface area (Å²) in [6.07, 6.45) is 2.74. The molecule has 0 radical (unpaired) electrons. The summed E-state index contributed by atoms with van der Waals surface area (Å²) in [5.74, 6) is 2.57. The lowest BCUT2D eigenvalue weighted by Gasteiger charge is -2.10. The Balaban J connectivity index is 1.58. The first-order valence-corrected chi connectivity index (χ1v) is 8.12. The summed E-state index contributed by atoms with van der Waals surface area (Å²) in [5.41, 5.74) is 1.34. The van der Waals surface area contributed by atoms with Gasteiger partial charge < -0.3 is 9.73 Å². The van der Waals surface area contributed by atoms with Crippen molar-refractivity contribution in [3.63, 3.8) is 0 Å². The quantitative estimate of drug-likeness (QED) is 0.941. The lowest BCUT2D eigenvalue weighted by Crippen LogP contribution is -2.23. The molecule has 3 rings (SSSR count). The molecule has 2 heterocycles. The first-order chi connectivity index (χ1) is 10.2. The number of hydrogen-bond acceptors (Lipinski definition) is 5. The van der Waals surface area contributed by atoms with Gasteiger partial charge in [-0.15, -0.1) is 0 Å². The number of aliphatic imine (C=N–C) groups is 1. The minimum absolute atomic E-state index is 0.0421. The zero-order valence-electron chi connectivity index (χ0n) is 12.2. The highest BCUT2D eigenvalue weighted by atomic mass is 32.2. The highest BCUT2D eigenvalue weighted by molar-refractivity contribution is 8.14. The number of amidine groups is 1. The number of benzene rings is 1. The summed E-state index contributed by atoms with van der Waals surface area (Å²) in [5, 5.41) is 4.37. The molecule has 4 nitrogen and oxygen atoms in total. The van der Waals surface area contributed by atoms with Crippen LogP contribution in [-0.2, 0) is 6.42 Å². The number of thioether (sulfide) groups is 1. The number of aromatic nitrogens is 1. The molecule has 5 heteroatoms. The molecule has 21 heavy (non-hydrogen) atoms. The lowest BCUT2D eigenvalue weighted by molar-refractivity contribution is 0.430. The second kappa shape index (κ2) is 6.35. The van der Waals surface area contributed by atoms with Gasteiger partial charge in [0.25, 0.3) is 0 Å². The minimum atomic E-state index is 0.0421.